The van der Waals surface area contributed by atoms with Gasteiger partial charge in [-0.05, 0) is 56.3 Å². The molecule has 35 heavy (non-hydrogen) atoms. The second kappa shape index (κ2) is 9.60. The molecule has 5 rings (SSSR count). The third-order valence-electron chi connectivity index (χ3n) is 6.41. The fourth-order valence-electron chi connectivity index (χ4n) is 4.54. The Hall–Kier alpha value is -4.16. The number of rotatable bonds is 5. The number of para-hydroxylation sites is 1. The van der Waals surface area contributed by atoms with Crippen LogP contribution in [0.5, 0.6) is 11.5 Å². The number of benzene rings is 2. The lowest BCUT2D eigenvalue weighted by Crippen LogP contribution is -2.37. The Balaban J connectivity index is 1.26. The number of aromatic amines is 1. The molecular weight excluding hydrogens is 448 g/mol. The van der Waals surface area contributed by atoms with Gasteiger partial charge >= 0.3 is 0 Å². The number of carbonyl (C=O) groups is 1. The van der Waals surface area contributed by atoms with Crippen molar-refractivity contribution in [1.29, 1.82) is 5.26 Å². The molecule has 1 fully saturated rings. The molecule has 178 valence electrons. The van der Waals surface area contributed by atoms with Gasteiger partial charge in [-0.15, -0.1) is 0 Å². The number of nitrogens with one attached hydrogen (secondary N) is 1. The van der Waals surface area contributed by atoms with Gasteiger partial charge in [0.2, 0.25) is 0 Å². The lowest BCUT2D eigenvalue weighted by atomic mass is 9.88. The molecule has 0 spiro atoms. The lowest BCUT2D eigenvalue weighted by molar-refractivity contribution is 0.0839. The van der Waals surface area contributed by atoms with Gasteiger partial charge in [0.25, 0.3) is 5.56 Å². The molecule has 2 aliphatic heterocycles. The maximum Gasteiger partial charge on any atom is 0.259 e. The summed E-state index contributed by atoms with van der Waals surface area (Å²) in [4.78, 5) is 34.3. The maximum absolute atomic E-state index is 13.0. The highest BCUT2D eigenvalue weighted by Gasteiger charge is 2.28. The van der Waals surface area contributed by atoms with Gasteiger partial charge in [-0.2, -0.15) is 5.26 Å². The van der Waals surface area contributed by atoms with Crippen molar-refractivity contribution in [3.63, 3.8) is 0 Å². The van der Waals surface area contributed by atoms with Crippen LogP contribution in [0, 0.1) is 17.2 Å². The zero-order valence-electron chi connectivity index (χ0n) is 19.0. The second-order valence-corrected chi connectivity index (χ2v) is 8.64. The number of aliphatic hydroxyl groups excluding tert-OH is 1. The summed E-state index contributed by atoms with van der Waals surface area (Å²) in [5.41, 5.74) is 0.616. The number of aliphatic hydroxyl groups is 1. The van der Waals surface area contributed by atoms with Crippen molar-refractivity contribution in [2.45, 2.75) is 12.8 Å². The molecule has 1 aromatic heterocycles. The number of ketones is 1. The van der Waals surface area contributed by atoms with Crippen molar-refractivity contribution in [1.82, 2.24) is 14.9 Å². The van der Waals surface area contributed by atoms with Crippen molar-refractivity contribution >= 4 is 22.3 Å². The zero-order chi connectivity index (χ0) is 24.4. The van der Waals surface area contributed by atoms with Crippen LogP contribution in [0.4, 0.5) is 0 Å². The van der Waals surface area contributed by atoms with Crippen LogP contribution in [0.1, 0.15) is 29.0 Å². The number of carbonyl (C=O) groups excluding carboxylic acids is 1. The Bertz CT molecular complexity index is 1410. The van der Waals surface area contributed by atoms with E-state index in [9.17, 15) is 20.0 Å². The Morgan fingerprint density at radius 2 is 1.89 bits per heavy atom. The van der Waals surface area contributed by atoms with Gasteiger partial charge < -0.3 is 19.6 Å². The summed E-state index contributed by atoms with van der Waals surface area (Å²) in [5, 5.41) is 20.8. The van der Waals surface area contributed by atoms with Crippen LogP contribution in [0.3, 0.4) is 0 Å². The van der Waals surface area contributed by atoms with E-state index >= 15 is 0 Å². The molecule has 9 nitrogen and oxygen atoms in total. The van der Waals surface area contributed by atoms with E-state index in [1.165, 1.54) is 0 Å². The molecule has 3 heterocycles. The first-order valence-electron chi connectivity index (χ1n) is 11.5. The molecule has 0 saturated carbocycles. The minimum atomic E-state index is -0.371. The average Bonchev–Trinajstić information content (AvgIpc) is 2.89. The molecule has 0 unspecified atom stereocenters. The van der Waals surface area contributed by atoms with Crippen molar-refractivity contribution < 1.29 is 19.4 Å². The molecule has 0 amide bonds. The average molecular weight is 473 g/mol. The maximum atomic E-state index is 13.0. The molecule has 9 heteroatoms. The number of likely N-dealkylation sites (tertiary alicyclic amines) is 1. The largest absolute Gasteiger partial charge is 0.509 e. The van der Waals surface area contributed by atoms with E-state index in [4.69, 9.17) is 9.47 Å². The van der Waals surface area contributed by atoms with Gasteiger partial charge in [0.1, 0.15) is 30.6 Å². The predicted molar refractivity (Wildman–Crippen MR) is 128 cm³/mol. The van der Waals surface area contributed by atoms with Gasteiger partial charge in [0.15, 0.2) is 23.1 Å². The lowest BCUT2D eigenvalue weighted by Gasteiger charge is -2.31. The first-order chi connectivity index (χ1) is 17.0. The monoisotopic (exact) mass is 472 g/mol. The van der Waals surface area contributed by atoms with E-state index in [0.29, 0.717) is 67.1 Å². The van der Waals surface area contributed by atoms with E-state index < -0.39 is 0 Å². The zero-order valence-corrected chi connectivity index (χ0v) is 19.0. The van der Waals surface area contributed by atoms with E-state index in [-0.39, 0.29) is 41.0 Å². The van der Waals surface area contributed by atoms with E-state index in [0.717, 1.165) is 0 Å². The fraction of sp³-hybridized carbons (Fsp3) is 0.308. The fourth-order valence-corrected chi connectivity index (χ4v) is 4.54. The number of nitriles is 1. The van der Waals surface area contributed by atoms with Gasteiger partial charge in [-0.1, -0.05) is 12.1 Å². The van der Waals surface area contributed by atoms with Crippen molar-refractivity contribution in [2.75, 3.05) is 32.8 Å². The van der Waals surface area contributed by atoms with Crippen molar-refractivity contribution in [3.8, 4) is 17.6 Å². The van der Waals surface area contributed by atoms with Gasteiger partial charge in [-0.25, -0.2) is 4.98 Å². The van der Waals surface area contributed by atoms with Crippen LogP contribution in [-0.2, 0) is 0 Å². The summed E-state index contributed by atoms with van der Waals surface area (Å²) in [6.45, 7) is 2.27. The smallest absolute Gasteiger partial charge is 0.259 e. The SMILES string of the molecule is N#C/C(=C(/O)CN1CCC(C(=O)c2ccc3c(c2)OCCO3)CC1)c1nc2ccccc2c(=O)[nH]1. The number of Topliss-reactive ketones (excluding diaryl/α,β-unsaturated/α-hetero) is 1. The Morgan fingerprint density at radius 3 is 2.66 bits per heavy atom. The molecule has 2 aromatic carbocycles. The van der Waals surface area contributed by atoms with Crippen molar-refractivity contribution in [3.05, 3.63) is 70.0 Å². The summed E-state index contributed by atoms with van der Waals surface area (Å²) in [6, 6.07) is 14.1. The van der Waals surface area contributed by atoms with Crippen LogP contribution in [-0.4, -0.2) is 58.6 Å². The number of allylic oxidation sites excluding steroid dienone is 1. The Kier molecular flexibility index (Phi) is 6.21. The third kappa shape index (κ3) is 4.61. The number of ether oxygens (including phenoxy) is 2. The number of H-pyrrole nitrogens is 1. The van der Waals surface area contributed by atoms with Crippen molar-refractivity contribution in [2.24, 2.45) is 5.92 Å². The van der Waals surface area contributed by atoms with Gasteiger partial charge in [0.05, 0.1) is 17.4 Å². The Morgan fingerprint density at radius 1 is 1.14 bits per heavy atom. The topological polar surface area (TPSA) is 129 Å². The normalized spacial score (nSPS) is 17.0. The van der Waals surface area contributed by atoms with E-state index in [1.54, 1.807) is 42.5 Å². The summed E-state index contributed by atoms with van der Waals surface area (Å²) < 4.78 is 11.1. The van der Waals surface area contributed by atoms with Crippen LogP contribution in [0.15, 0.2) is 53.0 Å². The summed E-state index contributed by atoms with van der Waals surface area (Å²) in [7, 11) is 0. The molecule has 2 N–H and O–H groups in total. The molecule has 0 aliphatic carbocycles. The number of fused-ring (bicyclic) bond motifs is 2. The highest BCUT2D eigenvalue weighted by atomic mass is 16.6. The van der Waals surface area contributed by atoms with Crippen LogP contribution < -0.4 is 15.0 Å². The quantitative estimate of drug-likeness (QED) is 0.329. The van der Waals surface area contributed by atoms with Gasteiger partial charge in [0, 0.05) is 11.5 Å². The standard InChI is InChI=1S/C26H24N4O5/c27-14-19(25-28-20-4-2-1-3-18(20)26(33)29-25)21(31)15-30-9-7-16(8-10-30)24(32)17-5-6-22-23(13-17)35-12-11-34-22/h1-6,13,16,31H,7-12,15H2,(H,28,29,33)/b21-19-. The minimum absolute atomic E-state index is 0.0392. The van der Waals surface area contributed by atoms with Gasteiger partial charge in [-0.3, -0.25) is 14.5 Å². The van der Waals surface area contributed by atoms with Crippen LogP contribution >= 0.6 is 0 Å². The number of aromatic nitrogens is 2. The number of hydrogen-bond acceptors (Lipinski definition) is 8. The highest BCUT2D eigenvalue weighted by molar-refractivity contribution is 5.98. The Labute approximate surface area is 201 Å². The third-order valence-corrected chi connectivity index (χ3v) is 6.41. The number of piperidine rings is 1. The van der Waals surface area contributed by atoms with Crippen LogP contribution in [0.2, 0.25) is 0 Å². The predicted octanol–water partition coefficient (Wildman–Crippen LogP) is 3.08. The second-order valence-electron chi connectivity index (χ2n) is 8.64. The molecule has 0 atom stereocenters. The number of hydrogen-bond donors (Lipinski definition) is 2. The first kappa shape index (κ1) is 22.6. The molecule has 1 saturated heterocycles. The molecule has 3 aromatic rings. The molecular formula is C26H24N4O5. The first-order valence-corrected chi connectivity index (χ1v) is 11.5. The summed E-state index contributed by atoms with van der Waals surface area (Å²) >= 11 is 0. The molecule has 0 bridgehead atoms. The summed E-state index contributed by atoms with van der Waals surface area (Å²) in [5.74, 6) is 1.06. The highest BCUT2D eigenvalue weighted by Crippen LogP contribution is 2.32. The van der Waals surface area contributed by atoms with E-state index in [1.807, 2.05) is 11.0 Å². The molecule has 2 aliphatic rings. The molecule has 0 radical (unpaired) electrons. The minimum Gasteiger partial charge on any atom is -0.509 e. The van der Waals surface area contributed by atoms with Crippen LogP contribution in [0.25, 0.3) is 16.5 Å². The van der Waals surface area contributed by atoms with E-state index in [2.05, 4.69) is 9.97 Å². The summed E-state index contributed by atoms with van der Waals surface area (Å²) in [6.07, 6.45) is 1.26. The number of nitrogens with zero attached hydrogens (tertiary/aromatic N) is 3.